The molecular formula is C21H20N4O3. The summed E-state index contributed by atoms with van der Waals surface area (Å²) in [6, 6.07) is 16.9. The molecular weight excluding hydrogens is 356 g/mol. The van der Waals surface area contributed by atoms with Crippen LogP contribution in [-0.2, 0) is 11.8 Å². The second-order valence-electron chi connectivity index (χ2n) is 6.67. The fourth-order valence-corrected chi connectivity index (χ4v) is 3.12. The van der Waals surface area contributed by atoms with Crippen LogP contribution < -0.4 is 10.2 Å². The number of nitrogens with zero attached hydrogens (tertiary/aromatic N) is 3. The second-order valence-corrected chi connectivity index (χ2v) is 6.67. The number of amides is 2. The summed E-state index contributed by atoms with van der Waals surface area (Å²) in [6.07, 6.45) is -0.353. The van der Waals surface area contributed by atoms with Gasteiger partial charge in [-0.25, -0.2) is 4.79 Å². The van der Waals surface area contributed by atoms with Crippen LogP contribution in [-0.4, -0.2) is 34.9 Å². The lowest BCUT2D eigenvalue weighted by atomic mass is 10.1. The molecule has 3 aromatic rings. The van der Waals surface area contributed by atoms with Crippen molar-refractivity contribution in [2.45, 2.75) is 6.92 Å². The summed E-state index contributed by atoms with van der Waals surface area (Å²) in [5.74, 6) is -0.290. The van der Waals surface area contributed by atoms with Crippen LogP contribution in [0.4, 0.5) is 16.2 Å². The van der Waals surface area contributed by atoms with E-state index in [0.717, 1.165) is 16.9 Å². The molecule has 28 heavy (non-hydrogen) atoms. The summed E-state index contributed by atoms with van der Waals surface area (Å²) in [7, 11) is 1.82. The summed E-state index contributed by atoms with van der Waals surface area (Å²) in [4.78, 5) is 25.8. The molecule has 0 atom stereocenters. The molecule has 0 saturated carbocycles. The van der Waals surface area contributed by atoms with Gasteiger partial charge in [0, 0.05) is 18.4 Å². The number of nitrogens with one attached hydrogen (secondary N) is 1. The van der Waals surface area contributed by atoms with Crippen molar-refractivity contribution in [3.63, 3.8) is 0 Å². The van der Waals surface area contributed by atoms with E-state index in [1.165, 1.54) is 5.56 Å². The van der Waals surface area contributed by atoms with Gasteiger partial charge < -0.3 is 10.1 Å². The fourth-order valence-electron chi connectivity index (χ4n) is 3.12. The van der Waals surface area contributed by atoms with Gasteiger partial charge in [0.1, 0.15) is 6.61 Å². The van der Waals surface area contributed by atoms with E-state index in [2.05, 4.69) is 10.4 Å². The number of aromatic nitrogens is 2. The fraction of sp³-hybridized carbons (Fsp3) is 0.190. The molecule has 0 bridgehead atoms. The highest BCUT2D eigenvalue weighted by Crippen LogP contribution is 2.23. The van der Waals surface area contributed by atoms with Crippen LogP contribution in [0.5, 0.6) is 0 Å². The van der Waals surface area contributed by atoms with E-state index in [1.54, 1.807) is 39.9 Å². The van der Waals surface area contributed by atoms with Crippen LogP contribution in [0.15, 0.2) is 54.6 Å². The Labute approximate surface area is 162 Å². The Morgan fingerprint density at radius 3 is 2.46 bits per heavy atom. The average molecular weight is 376 g/mol. The number of ether oxygens (including phenoxy) is 1. The maximum Gasteiger partial charge on any atom is 0.414 e. The van der Waals surface area contributed by atoms with Crippen molar-refractivity contribution in [1.82, 2.24) is 9.78 Å². The van der Waals surface area contributed by atoms with Gasteiger partial charge in [0.25, 0.3) is 5.91 Å². The molecule has 142 valence electrons. The van der Waals surface area contributed by atoms with Gasteiger partial charge in [0.15, 0.2) is 5.69 Å². The highest BCUT2D eigenvalue weighted by atomic mass is 16.6. The van der Waals surface area contributed by atoms with Gasteiger partial charge in [-0.05, 0) is 42.8 Å². The summed E-state index contributed by atoms with van der Waals surface area (Å²) < 4.78 is 6.63. The lowest BCUT2D eigenvalue weighted by molar-refractivity contribution is 0.102. The Morgan fingerprint density at radius 2 is 1.82 bits per heavy atom. The molecule has 1 N–H and O–H groups in total. The van der Waals surface area contributed by atoms with Crippen molar-refractivity contribution in [3.05, 3.63) is 65.9 Å². The molecule has 0 unspecified atom stereocenters. The SMILES string of the molecule is Cc1ccc(-c2cc(C(=O)Nc3ccc(N4CCOC4=O)cc3)nn2C)cc1. The molecule has 1 aliphatic rings. The van der Waals surface area contributed by atoms with Crippen molar-refractivity contribution in [2.24, 2.45) is 7.05 Å². The third-order valence-corrected chi connectivity index (χ3v) is 4.66. The van der Waals surface area contributed by atoms with E-state index in [-0.39, 0.29) is 12.0 Å². The van der Waals surface area contributed by atoms with E-state index in [1.807, 2.05) is 38.2 Å². The summed E-state index contributed by atoms with van der Waals surface area (Å²) >= 11 is 0. The average Bonchev–Trinajstić information content (AvgIpc) is 3.29. The van der Waals surface area contributed by atoms with E-state index >= 15 is 0 Å². The molecule has 7 heteroatoms. The Kier molecular flexibility index (Phi) is 4.57. The van der Waals surface area contributed by atoms with Crippen molar-refractivity contribution in [1.29, 1.82) is 0 Å². The van der Waals surface area contributed by atoms with Crippen LogP contribution in [0.2, 0.25) is 0 Å². The van der Waals surface area contributed by atoms with Gasteiger partial charge in [-0.3, -0.25) is 14.4 Å². The quantitative estimate of drug-likeness (QED) is 0.755. The van der Waals surface area contributed by atoms with Gasteiger partial charge >= 0.3 is 6.09 Å². The molecule has 1 aromatic heterocycles. The van der Waals surface area contributed by atoms with E-state index in [0.29, 0.717) is 24.5 Å². The Bertz CT molecular complexity index is 1020. The predicted molar refractivity (Wildman–Crippen MR) is 106 cm³/mol. The first kappa shape index (κ1) is 17.8. The maximum absolute atomic E-state index is 12.6. The third kappa shape index (κ3) is 3.46. The number of carbonyl (C=O) groups is 2. The normalized spacial score (nSPS) is 13.5. The Balaban J connectivity index is 1.49. The van der Waals surface area contributed by atoms with Crippen molar-refractivity contribution >= 4 is 23.4 Å². The van der Waals surface area contributed by atoms with Crippen molar-refractivity contribution < 1.29 is 14.3 Å². The zero-order chi connectivity index (χ0) is 19.7. The van der Waals surface area contributed by atoms with Crippen LogP contribution in [0, 0.1) is 6.92 Å². The zero-order valence-electron chi connectivity index (χ0n) is 15.7. The maximum atomic E-state index is 12.6. The third-order valence-electron chi connectivity index (χ3n) is 4.66. The monoisotopic (exact) mass is 376 g/mol. The Morgan fingerprint density at radius 1 is 1.11 bits per heavy atom. The molecule has 0 aliphatic carbocycles. The first-order valence-electron chi connectivity index (χ1n) is 8.98. The predicted octanol–water partition coefficient (Wildman–Crippen LogP) is 3.60. The number of hydrogen-bond acceptors (Lipinski definition) is 4. The number of aryl methyl sites for hydroxylation is 2. The second kappa shape index (κ2) is 7.19. The minimum Gasteiger partial charge on any atom is -0.447 e. The van der Waals surface area contributed by atoms with Crippen LogP contribution >= 0.6 is 0 Å². The molecule has 0 radical (unpaired) electrons. The summed E-state index contributed by atoms with van der Waals surface area (Å²) in [6.45, 7) is 2.95. The minimum atomic E-state index is -0.353. The summed E-state index contributed by atoms with van der Waals surface area (Å²) in [5, 5.41) is 7.17. The van der Waals surface area contributed by atoms with Gasteiger partial charge in [0.2, 0.25) is 0 Å². The molecule has 0 spiro atoms. The topological polar surface area (TPSA) is 76.5 Å². The lowest BCUT2D eigenvalue weighted by Crippen LogP contribution is -2.23. The number of carbonyl (C=O) groups excluding carboxylic acids is 2. The molecule has 1 aliphatic heterocycles. The van der Waals surface area contributed by atoms with E-state index in [4.69, 9.17) is 4.74 Å². The standard InChI is InChI=1S/C21H20N4O3/c1-14-3-5-15(6-4-14)19-13-18(23-24(19)2)20(26)22-16-7-9-17(10-8-16)25-11-12-28-21(25)27/h3-10,13H,11-12H2,1-2H3,(H,22,26). The molecule has 2 aromatic carbocycles. The number of anilines is 2. The van der Waals surface area contributed by atoms with E-state index in [9.17, 15) is 9.59 Å². The molecule has 1 saturated heterocycles. The van der Waals surface area contributed by atoms with Gasteiger partial charge in [-0.15, -0.1) is 0 Å². The molecule has 7 nitrogen and oxygen atoms in total. The van der Waals surface area contributed by atoms with E-state index < -0.39 is 0 Å². The Hall–Kier alpha value is -3.61. The van der Waals surface area contributed by atoms with Gasteiger partial charge in [-0.2, -0.15) is 5.10 Å². The first-order chi connectivity index (χ1) is 13.5. The highest BCUT2D eigenvalue weighted by Gasteiger charge is 2.23. The molecule has 2 amide bonds. The van der Waals surface area contributed by atoms with Crippen LogP contribution in [0.3, 0.4) is 0 Å². The first-order valence-corrected chi connectivity index (χ1v) is 8.98. The number of hydrogen-bond donors (Lipinski definition) is 1. The van der Waals surface area contributed by atoms with Crippen LogP contribution in [0.25, 0.3) is 11.3 Å². The molecule has 2 heterocycles. The minimum absolute atomic E-state index is 0.290. The smallest absolute Gasteiger partial charge is 0.414 e. The largest absolute Gasteiger partial charge is 0.447 e. The molecule has 4 rings (SSSR count). The number of rotatable bonds is 4. The zero-order valence-corrected chi connectivity index (χ0v) is 15.7. The molecule has 1 fully saturated rings. The van der Waals surface area contributed by atoms with Gasteiger partial charge in [0.05, 0.1) is 12.2 Å². The summed E-state index contributed by atoms with van der Waals surface area (Å²) in [5.41, 5.74) is 4.75. The number of cyclic esters (lactones) is 1. The number of benzene rings is 2. The van der Waals surface area contributed by atoms with Crippen molar-refractivity contribution in [2.75, 3.05) is 23.4 Å². The van der Waals surface area contributed by atoms with Crippen molar-refractivity contribution in [3.8, 4) is 11.3 Å². The van der Waals surface area contributed by atoms with Gasteiger partial charge in [-0.1, -0.05) is 29.8 Å². The van der Waals surface area contributed by atoms with Crippen LogP contribution in [0.1, 0.15) is 16.1 Å². The lowest BCUT2D eigenvalue weighted by Gasteiger charge is -2.13. The highest BCUT2D eigenvalue weighted by molar-refractivity contribution is 6.03.